The molecule has 3 rings (SSSR count). The van der Waals surface area contributed by atoms with Crippen LogP contribution in [-0.2, 0) is 16.1 Å². The maximum absolute atomic E-state index is 13.1. The molecule has 9 heteroatoms. The van der Waals surface area contributed by atoms with E-state index < -0.39 is 5.41 Å². The van der Waals surface area contributed by atoms with E-state index in [0.717, 1.165) is 12.1 Å². The second kappa shape index (κ2) is 10.9. The van der Waals surface area contributed by atoms with Crippen LogP contribution in [0.3, 0.4) is 0 Å². The van der Waals surface area contributed by atoms with Gasteiger partial charge in [0, 0.05) is 29.5 Å². The first kappa shape index (κ1) is 26.2. The molecule has 2 N–H and O–H groups in total. The molecule has 8 nitrogen and oxygen atoms in total. The van der Waals surface area contributed by atoms with Gasteiger partial charge >= 0.3 is 0 Å². The van der Waals surface area contributed by atoms with Gasteiger partial charge in [0.15, 0.2) is 0 Å². The molecule has 35 heavy (non-hydrogen) atoms. The van der Waals surface area contributed by atoms with Crippen LogP contribution in [0, 0.1) is 22.7 Å². The van der Waals surface area contributed by atoms with Gasteiger partial charge in [-0.25, -0.2) is 4.99 Å². The molecule has 0 unspecified atom stereocenters. The molecule has 1 aliphatic heterocycles. The van der Waals surface area contributed by atoms with Crippen LogP contribution in [0.5, 0.6) is 0 Å². The molecule has 1 atom stereocenters. The highest BCUT2D eigenvalue weighted by Crippen LogP contribution is 2.20. The number of aromatic nitrogens is 1. The van der Waals surface area contributed by atoms with Crippen molar-refractivity contribution in [3.8, 4) is 6.07 Å². The van der Waals surface area contributed by atoms with Crippen LogP contribution in [0.2, 0.25) is 0 Å². The molecular formula is C26H33N5O3S. The zero-order chi connectivity index (χ0) is 25.8. The van der Waals surface area contributed by atoms with Gasteiger partial charge in [0.2, 0.25) is 11.8 Å². The average molecular weight is 496 g/mol. The molecule has 1 aromatic heterocycles. The fourth-order valence-electron chi connectivity index (χ4n) is 3.55. The van der Waals surface area contributed by atoms with E-state index >= 15 is 0 Å². The largest absolute Gasteiger partial charge is 0.475 e. The first-order valence-corrected chi connectivity index (χ1v) is 12.6. The number of hydrogen-bond donors (Lipinski definition) is 2. The monoisotopic (exact) mass is 495 g/mol. The van der Waals surface area contributed by atoms with Gasteiger partial charge in [0.25, 0.3) is 5.56 Å². The Bertz CT molecular complexity index is 1340. The smallest absolute Gasteiger partial charge is 0.270 e. The molecule has 2 aromatic rings. The van der Waals surface area contributed by atoms with Crippen molar-refractivity contribution in [2.45, 2.75) is 60.5 Å². The fraction of sp³-hybridized carbons (Fsp3) is 0.462. The van der Waals surface area contributed by atoms with Crippen molar-refractivity contribution >= 4 is 46.3 Å². The normalized spacial score (nSPS) is 17.0. The Hall–Kier alpha value is -3.38. The number of rotatable bonds is 7. The van der Waals surface area contributed by atoms with E-state index in [4.69, 9.17) is 4.74 Å². The van der Waals surface area contributed by atoms with Crippen molar-refractivity contribution < 1.29 is 9.53 Å². The van der Waals surface area contributed by atoms with Crippen LogP contribution in [0.15, 0.2) is 34.1 Å². The molecule has 0 radical (unpaired) electrons. The van der Waals surface area contributed by atoms with Crippen molar-refractivity contribution in [1.82, 2.24) is 4.57 Å². The Morgan fingerprint density at radius 1 is 1.37 bits per heavy atom. The lowest BCUT2D eigenvalue weighted by molar-refractivity contribution is -0.123. The highest BCUT2D eigenvalue weighted by Gasteiger charge is 2.24. The third kappa shape index (κ3) is 6.40. The van der Waals surface area contributed by atoms with Crippen LogP contribution in [0.4, 0.5) is 11.4 Å². The van der Waals surface area contributed by atoms with Crippen LogP contribution in [-0.4, -0.2) is 29.0 Å². The van der Waals surface area contributed by atoms with Gasteiger partial charge in [-0.05, 0) is 37.5 Å². The summed E-state index contributed by atoms with van der Waals surface area (Å²) in [5.41, 5.74) is 0.965. The lowest BCUT2D eigenvalue weighted by Crippen LogP contribution is -2.32. The third-order valence-electron chi connectivity index (χ3n) is 5.39. The number of nitrogens with one attached hydrogen (secondary N) is 2. The minimum atomic E-state index is -0.509. The Morgan fingerprint density at radius 3 is 2.71 bits per heavy atom. The number of carbonyl (C=O) groups excluding carboxylic acids is 1. The Labute approximate surface area is 209 Å². The molecule has 0 saturated carbocycles. The molecule has 0 bridgehead atoms. The molecule has 1 aromatic carbocycles. The summed E-state index contributed by atoms with van der Waals surface area (Å²) in [6.07, 6.45) is 2.51. The summed E-state index contributed by atoms with van der Waals surface area (Å²) in [5.74, 6) is 0.698. The van der Waals surface area contributed by atoms with Crippen LogP contribution < -0.4 is 25.4 Å². The molecule has 186 valence electrons. The summed E-state index contributed by atoms with van der Waals surface area (Å²) in [6.45, 7) is 12.5. The molecule has 1 amide bonds. The summed E-state index contributed by atoms with van der Waals surface area (Å²) in [5, 5.41) is 15.9. The highest BCUT2D eigenvalue weighted by molar-refractivity contribution is 7.07. The predicted molar refractivity (Wildman–Crippen MR) is 142 cm³/mol. The van der Waals surface area contributed by atoms with E-state index in [1.165, 1.54) is 11.3 Å². The molecule has 0 aliphatic carbocycles. The van der Waals surface area contributed by atoms with Crippen molar-refractivity contribution in [3.63, 3.8) is 0 Å². The Kier molecular flexibility index (Phi) is 8.18. The SMILES string of the molecule is CCn1c(=O)/c(=C\Nc2cccc(NC(=O)C(C)(C)C)c2)s/c1=C(/C#N)C1=N[C@H](CC(C)C)CO1. The van der Waals surface area contributed by atoms with E-state index in [1.807, 2.05) is 45.9 Å². The predicted octanol–water partition coefficient (Wildman–Crippen LogP) is 3.28. The summed E-state index contributed by atoms with van der Waals surface area (Å²) in [6, 6.07) is 9.50. The van der Waals surface area contributed by atoms with Gasteiger partial charge in [-0.15, -0.1) is 11.3 Å². The number of ether oxygens (including phenoxy) is 1. The molecule has 0 fully saturated rings. The van der Waals surface area contributed by atoms with Crippen LogP contribution in [0.25, 0.3) is 11.8 Å². The van der Waals surface area contributed by atoms with Crippen LogP contribution in [0.1, 0.15) is 48.0 Å². The summed E-state index contributed by atoms with van der Waals surface area (Å²) in [7, 11) is 0. The molecule has 1 aliphatic rings. The quantitative estimate of drug-likeness (QED) is 0.613. The number of hydrogen-bond acceptors (Lipinski definition) is 7. The summed E-state index contributed by atoms with van der Waals surface area (Å²) < 4.78 is 8.30. The molecule has 2 heterocycles. The first-order valence-electron chi connectivity index (χ1n) is 11.8. The Morgan fingerprint density at radius 2 is 2.09 bits per heavy atom. The summed E-state index contributed by atoms with van der Waals surface area (Å²) in [4.78, 5) is 29.9. The van der Waals surface area contributed by atoms with E-state index in [-0.39, 0.29) is 23.1 Å². The van der Waals surface area contributed by atoms with E-state index in [1.54, 1.807) is 16.8 Å². The summed E-state index contributed by atoms with van der Waals surface area (Å²) >= 11 is 1.23. The molecule has 0 saturated heterocycles. The highest BCUT2D eigenvalue weighted by atomic mass is 32.1. The number of aliphatic imine (C=N–C) groups is 1. The van der Waals surface area contributed by atoms with Crippen LogP contribution >= 0.6 is 11.3 Å². The third-order valence-corrected chi connectivity index (χ3v) is 6.52. The maximum Gasteiger partial charge on any atom is 0.270 e. The molecule has 0 spiro atoms. The number of thiazole rings is 1. The number of nitriles is 1. The lowest BCUT2D eigenvalue weighted by Gasteiger charge is -2.18. The second-order valence-electron chi connectivity index (χ2n) is 9.91. The zero-order valence-electron chi connectivity index (χ0n) is 21.1. The van der Waals surface area contributed by atoms with Gasteiger partial charge in [0.1, 0.15) is 27.4 Å². The minimum absolute atomic E-state index is 0.0221. The zero-order valence-corrected chi connectivity index (χ0v) is 22.0. The first-order chi connectivity index (χ1) is 16.5. The number of nitrogens with zero attached hydrogens (tertiary/aromatic N) is 3. The molecular weight excluding hydrogens is 462 g/mol. The Balaban J connectivity index is 1.95. The van der Waals surface area contributed by atoms with Crippen molar-refractivity contribution in [2.75, 3.05) is 17.2 Å². The lowest BCUT2D eigenvalue weighted by atomic mass is 9.95. The van der Waals surface area contributed by atoms with Gasteiger partial charge in [-0.2, -0.15) is 5.26 Å². The van der Waals surface area contributed by atoms with E-state index in [0.29, 0.717) is 39.8 Å². The standard InChI is InChI=1S/C26H33N5O3S/c1-7-31-23(32)21(14-28-17-9-8-10-18(12-17)30-25(33)26(4,5)6)35-24(31)20(13-27)22-29-19(15-34-22)11-16(2)3/h8-10,12,14,16,19,28H,7,11,15H2,1-6H3,(H,30,33)/b21-14+,24-20-/t19-/m1/s1. The van der Waals surface area contributed by atoms with E-state index in [9.17, 15) is 14.9 Å². The van der Waals surface area contributed by atoms with Gasteiger partial charge in [0.05, 0.1) is 6.04 Å². The van der Waals surface area contributed by atoms with Crippen molar-refractivity contribution in [2.24, 2.45) is 16.3 Å². The van der Waals surface area contributed by atoms with Gasteiger partial charge in [-0.3, -0.25) is 14.2 Å². The number of amides is 1. The number of carbonyl (C=O) groups is 1. The van der Waals surface area contributed by atoms with Crippen molar-refractivity contribution in [3.05, 3.63) is 43.8 Å². The van der Waals surface area contributed by atoms with E-state index in [2.05, 4.69) is 35.5 Å². The van der Waals surface area contributed by atoms with Crippen molar-refractivity contribution in [1.29, 1.82) is 5.26 Å². The number of anilines is 2. The fourth-order valence-corrected chi connectivity index (χ4v) is 4.63. The minimum Gasteiger partial charge on any atom is -0.475 e. The number of benzene rings is 1. The second-order valence-corrected chi connectivity index (χ2v) is 10.9. The average Bonchev–Trinajstić information content (AvgIpc) is 3.36. The topological polar surface area (TPSA) is 109 Å². The van der Waals surface area contributed by atoms with Gasteiger partial charge < -0.3 is 15.4 Å². The maximum atomic E-state index is 13.1. The van der Waals surface area contributed by atoms with Gasteiger partial charge in [-0.1, -0.05) is 40.7 Å².